The highest BCUT2D eigenvalue weighted by Crippen LogP contribution is 2.17. The summed E-state index contributed by atoms with van der Waals surface area (Å²) in [5, 5.41) is 3.28. The third-order valence-electron chi connectivity index (χ3n) is 2.35. The van der Waals surface area contributed by atoms with Crippen LogP contribution in [-0.2, 0) is 0 Å². The molecule has 0 saturated carbocycles. The van der Waals surface area contributed by atoms with Crippen molar-refractivity contribution in [1.29, 1.82) is 0 Å². The molecule has 1 aliphatic rings. The lowest BCUT2D eigenvalue weighted by molar-refractivity contribution is 0.755. The van der Waals surface area contributed by atoms with Gasteiger partial charge in [0.1, 0.15) is 5.82 Å². The molecule has 0 bridgehead atoms. The summed E-state index contributed by atoms with van der Waals surface area (Å²) in [7, 11) is 0. The molecule has 1 aromatic heterocycles. The summed E-state index contributed by atoms with van der Waals surface area (Å²) in [4.78, 5) is 4.04. The van der Waals surface area contributed by atoms with Crippen molar-refractivity contribution in [3.63, 3.8) is 0 Å². The Morgan fingerprint density at radius 3 is 3.13 bits per heavy atom. The van der Waals surface area contributed by atoms with Crippen molar-refractivity contribution in [1.82, 2.24) is 10.3 Å². The number of nitrogen functional groups attached to an aromatic ring is 1. The van der Waals surface area contributed by atoms with Crippen molar-refractivity contribution < 1.29 is 0 Å². The molecule has 1 unspecified atom stereocenters. The van der Waals surface area contributed by atoms with Crippen LogP contribution in [0.15, 0.2) is 16.7 Å². The zero-order valence-electron chi connectivity index (χ0n) is 8.26. The lowest BCUT2D eigenvalue weighted by atomic mass is 10.1. The van der Waals surface area contributed by atoms with E-state index in [0.29, 0.717) is 11.7 Å². The first-order valence-electron chi connectivity index (χ1n) is 4.89. The van der Waals surface area contributed by atoms with E-state index >= 15 is 0 Å². The number of nitrogens with one attached hydrogen (secondary N) is 1. The Bertz CT molecular complexity index is 414. The van der Waals surface area contributed by atoms with Crippen LogP contribution in [0.25, 0.3) is 0 Å². The van der Waals surface area contributed by atoms with Crippen molar-refractivity contribution in [2.45, 2.75) is 6.42 Å². The molecule has 1 saturated heterocycles. The highest BCUT2D eigenvalue weighted by Gasteiger charge is 2.10. The zero-order valence-corrected chi connectivity index (χ0v) is 9.84. The van der Waals surface area contributed by atoms with Gasteiger partial charge < -0.3 is 11.1 Å². The smallest absolute Gasteiger partial charge is 0.137 e. The van der Waals surface area contributed by atoms with E-state index in [0.717, 1.165) is 29.5 Å². The Labute approximate surface area is 97.6 Å². The van der Waals surface area contributed by atoms with Crippen molar-refractivity contribution in [2.75, 3.05) is 18.8 Å². The van der Waals surface area contributed by atoms with Gasteiger partial charge in [-0.1, -0.05) is 11.8 Å². The molecule has 0 spiro atoms. The van der Waals surface area contributed by atoms with E-state index in [1.165, 1.54) is 0 Å². The Morgan fingerprint density at radius 1 is 1.60 bits per heavy atom. The number of nitrogens with zero attached hydrogens (tertiary/aromatic N) is 1. The topological polar surface area (TPSA) is 50.9 Å². The Kier molecular flexibility index (Phi) is 3.24. The predicted molar refractivity (Wildman–Crippen MR) is 64.2 cm³/mol. The largest absolute Gasteiger partial charge is 0.383 e. The van der Waals surface area contributed by atoms with Gasteiger partial charge in [-0.15, -0.1) is 0 Å². The molecule has 3 nitrogen and oxygen atoms in total. The van der Waals surface area contributed by atoms with E-state index in [1.807, 2.05) is 6.07 Å². The summed E-state index contributed by atoms with van der Waals surface area (Å²) in [6, 6.07) is 1.90. The fourth-order valence-corrected chi connectivity index (χ4v) is 1.83. The molecule has 1 aliphatic heterocycles. The van der Waals surface area contributed by atoms with E-state index in [2.05, 4.69) is 38.1 Å². The molecular formula is C11H12BrN3. The van der Waals surface area contributed by atoms with Crippen molar-refractivity contribution in [3.05, 3.63) is 22.3 Å². The third-order valence-corrected chi connectivity index (χ3v) is 2.99. The summed E-state index contributed by atoms with van der Waals surface area (Å²) in [6.45, 7) is 2.07. The molecule has 1 atom stereocenters. The first-order valence-corrected chi connectivity index (χ1v) is 5.68. The summed E-state index contributed by atoms with van der Waals surface area (Å²) in [6.07, 6.45) is 2.84. The van der Waals surface area contributed by atoms with Gasteiger partial charge in [0.2, 0.25) is 0 Å². The van der Waals surface area contributed by atoms with Gasteiger partial charge in [-0.3, -0.25) is 0 Å². The average molecular weight is 266 g/mol. The van der Waals surface area contributed by atoms with Crippen molar-refractivity contribution in [3.8, 4) is 11.8 Å². The Hall–Kier alpha value is -1.05. The van der Waals surface area contributed by atoms with Gasteiger partial charge in [-0.25, -0.2) is 4.98 Å². The molecule has 0 aromatic carbocycles. The monoisotopic (exact) mass is 265 g/mol. The van der Waals surface area contributed by atoms with Gasteiger partial charge in [0, 0.05) is 24.2 Å². The number of rotatable bonds is 0. The van der Waals surface area contributed by atoms with Gasteiger partial charge in [-0.05, 0) is 35.0 Å². The molecule has 1 aromatic rings. The van der Waals surface area contributed by atoms with Crippen LogP contribution in [-0.4, -0.2) is 18.1 Å². The molecule has 78 valence electrons. The number of hydrogen-bond donors (Lipinski definition) is 2. The molecule has 2 heterocycles. The minimum atomic E-state index is 0.473. The normalized spacial score (nSPS) is 19.7. The summed E-state index contributed by atoms with van der Waals surface area (Å²) < 4.78 is 0.804. The number of halogens is 1. The summed E-state index contributed by atoms with van der Waals surface area (Å²) >= 11 is 3.33. The Morgan fingerprint density at radius 2 is 2.47 bits per heavy atom. The van der Waals surface area contributed by atoms with Crippen LogP contribution in [0, 0.1) is 17.8 Å². The molecular weight excluding hydrogens is 254 g/mol. The number of nitrogens with two attached hydrogens (primary N) is 1. The van der Waals surface area contributed by atoms with E-state index in [-0.39, 0.29) is 0 Å². The molecule has 2 rings (SSSR count). The molecule has 4 heteroatoms. The van der Waals surface area contributed by atoms with Gasteiger partial charge in [0.25, 0.3) is 0 Å². The lowest BCUT2D eigenvalue weighted by Gasteiger charge is -1.97. The SMILES string of the molecule is Nc1ncc(C#CC2CCNC2)cc1Br. The number of anilines is 1. The number of aromatic nitrogens is 1. The molecule has 0 radical (unpaired) electrons. The minimum absolute atomic E-state index is 0.473. The maximum Gasteiger partial charge on any atom is 0.137 e. The Balaban J connectivity index is 2.12. The van der Waals surface area contributed by atoms with E-state index in [1.54, 1.807) is 6.20 Å². The molecule has 0 aliphatic carbocycles. The first-order chi connectivity index (χ1) is 7.25. The highest BCUT2D eigenvalue weighted by molar-refractivity contribution is 9.10. The van der Waals surface area contributed by atoms with Crippen LogP contribution >= 0.6 is 15.9 Å². The maximum atomic E-state index is 5.59. The second-order valence-electron chi connectivity index (χ2n) is 3.55. The second kappa shape index (κ2) is 4.65. The van der Waals surface area contributed by atoms with Crippen LogP contribution in [0.1, 0.15) is 12.0 Å². The van der Waals surface area contributed by atoms with Crippen molar-refractivity contribution in [2.24, 2.45) is 5.92 Å². The predicted octanol–water partition coefficient (Wildman–Crippen LogP) is 1.39. The van der Waals surface area contributed by atoms with Gasteiger partial charge >= 0.3 is 0 Å². The van der Waals surface area contributed by atoms with Gasteiger partial charge in [-0.2, -0.15) is 0 Å². The van der Waals surface area contributed by atoms with Gasteiger partial charge in [0.05, 0.1) is 4.47 Å². The van der Waals surface area contributed by atoms with Crippen LogP contribution < -0.4 is 11.1 Å². The van der Waals surface area contributed by atoms with Crippen LogP contribution in [0.3, 0.4) is 0 Å². The van der Waals surface area contributed by atoms with Crippen LogP contribution in [0.2, 0.25) is 0 Å². The standard InChI is InChI=1S/C11H12BrN3/c12-10-5-9(7-15-11(10)13)2-1-8-3-4-14-6-8/h5,7-8,14H,3-4,6H2,(H2,13,15). The second-order valence-corrected chi connectivity index (χ2v) is 4.40. The molecule has 0 amide bonds. The summed E-state index contributed by atoms with van der Waals surface area (Å²) in [5.74, 6) is 7.32. The zero-order chi connectivity index (χ0) is 10.7. The fraction of sp³-hybridized carbons (Fsp3) is 0.364. The fourth-order valence-electron chi connectivity index (χ4n) is 1.48. The van der Waals surface area contributed by atoms with Crippen molar-refractivity contribution >= 4 is 21.7 Å². The number of pyridine rings is 1. The van der Waals surface area contributed by atoms with E-state index < -0.39 is 0 Å². The van der Waals surface area contributed by atoms with Gasteiger partial charge in [0.15, 0.2) is 0 Å². The molecule has 1 fully saturated rings. The van der Waals surface area contributed by atoms with Crippen LogP contribution in [0.4, 0.5) is 5.82 Å². The van der Waals surface area contributed by atoms with Crippen LogP contribution in [0.5, 0.6) is 0 Å². The maximum absolute atomic E-state index is 5.59. The molecule has 3 N–H and O–H groups in total. The third kappa shape index (κ3) is 2.71. The number of hydrogen-bond acceptors (Lipinski definition) is 3. The minimum Gasteiger partial charge on any atom is -0.383 e. The first kappa shape index (κ1) is 10.5. The summed E-state index contributed by atoms with van der Waals surface area (Å²) in [5.41, 5.74) is 6.50. The van der Waals surface area contributed by atoms with E-state index in [4.69, 9.17) is 5.73 Å². The average Bonchev–Trinajstić information content (AvgIpc) is 2.73. The highest BCUT2D eigenvalue weighted by atomic mass is 79.9. The molecule has 15 heavy (non-hydrogen) atoms. The lowest BCUT2D eigenvalue weighted by Crippen LogP contribution is -2.07. The van der Waals surface area contributed by atoms with E-state index in [9.17, 15) is 0 Å². The quantitative estimate of drug-likeness (QED) is 0.698.